The van der Waals surface area contributed by atoms with Crippen LogP contribution in [0.1, 0.15) is 27.9 Å². The van der Waals surface area contributed by atoms with Gasteiger partial charge in [-0.2, -0.15) is 0 Å². The number of hydrogen-bond donors (Lipinski definition) is 3. The van der Waals surface area contributed by atoms with Crippen LogP contribution in [0.4, 0.5) is 5.69 Å². The highest BCUT2D eigenvalue weighted by Crippen LogP contribution is 2.13. The summed E-state index contributed by atoms with van der Waals surface area (Å²) in [5, 5.41) is 5.96. The third kappa shape index (κ3) is 7.55. The van der Waals surface area contributed by atoms with E-state index in [0.29, 0.717) is 24.6 Å². The third-order valence-electron chi connectivity index (χ3n) is 3.43. The molecule has 0 fully saturated rings. The van der Waals surface area contributed by atoms with Crippen molar-refractivity contribution < 1.29 is 4.79 Å². The molecule has 5 nitrogen and oxygen atoms in total. The Balaban J connectivity index is 0.00000312. The highest BCUT2D eigenvalue weighted by atomic mass is 127. The van der Waals surface area contributed by atoms with Crippen molar-refractivity contribution in [3.05, 3.63) is 65.2 Å². The van der Waals surface area contributed by atoms with Gasteiger partial charge in [0.25, 0.3) is 5.91 Å². The first-order valence-electron chi connectivity index (χ1n) is 8.03. The number of benzene rings is 2. The van der Waals surface area contributed by atoms with E-state index in [1.54, 1.807) is 12.1 Å². The van der Waals surface area contributed by atoms with Crippen LogP contribution in [0.25, 0.3) is 0 Å². The molecule has 2 rings (SSSR count). The Morgan fingerprint density at radius 3 is 2.36 bits per heavy atom. The molecule has 0 bridgehead atoms. The molecule has 134 valence electrons. The van der Waals surface area contributed by atoms with Crippen molar-refractivity contribution in [2.24, 2.45) is 10.7 Å². The molecule has 0 atom stereocenters. The maximum Gasteiger partial charge on any atom is 0.251 e. The van der Waals surface area contributed by atoms with E-state index in [2.05, 4.69) is 21.7 Å². The summed E-state index contributed by atoms with van der Waals surface area (Å²) in [6.07, 6.45) is 0.730. The fourth-order valence-electron chi connectivity index (χ4n) is 2.41. The Labute approximate surface area is 166 Å². The lowest BCUT2D eigenvalue weighted by Gasteiger charge is -2.08. The van der Waals surface area contributed by atoms with Gasteiger partial charge in [-0.25, -0.2) is 0 Å². The van der Waals surface area contributed by atoms with Gasteiger partial charge in [0.15, 0.2) is 5.96 Å². The number of nitrogens with two attached hydrogens (primary N) is 1. The van der Waals surface area contributed by atoms with Crippen LogP contribution in [0.3, 0.4) is 0 Å². The molecule has 2 aromatic rings. The van der Waals surface area contributed by atoms with Crippen LogP contribution >= 0.6 is 24.0 Å². The van der Waals surface area contributed by atoms with Crippen LogP contribution < -0.4 is 16.4 Å². The lowest BCUT2D eigenvalue weighted by atomic mass is 10.1. The largest absolute Gasteiger partial charge is 0.370 e. The summed E-state index contributed by atoms with van der Waals surface area (Å²) in [6.45, 7) is 5.20. The van der Waals surface area contributed by atoms with Gasteiger partial charge in [0.1, 0.15) is 0 Å². The lowest BCUT2D eigenvalue weighted by Crippen LogP contribution is -2.26. The molecule has 25 heavy (non-hydrogen) atoms. The van der Waals surface area contributed by atoms with Gasteiger partial charge in [0.2, 0.25) is 0 Å². The van der Waals surface area contributed by atoms with E-state index >= 15 is 0 Å². The maximum absolute atomic E-state index is 11.9. The van der Waals surface area contributed by atoms with E-state index in [0.717, 1.165) is 12.1 Å². The number of nitrogens with zero attached hydrogens (tertiary/aromatic N) is 1. The Bertz CT molecular complexity index is 696. The molecule has 2 aromatic carbocycles. The topological polar surface area (TPSA) is 79.5 Å². The molecule has 0 aliphatic heterocycles. The second-order valence-corrected chi connectivity index (χ2v) is 5.74. The summed E-state index contributed by atoms with van der Waals surface area (Å²) in [5.41, 5.74) is 9.84. The van der Waals surface area contributed by atoms with Gasteiger partial charge in [0.05, 0.1) is 0 Å². The van der Waals surface area contributed by atoms with E-state index in [-0.39, 0.29) is 29.9 Å². The van der Waals surface area contributed by atoms with Crippen molar-refractivity contribution >= 4 is 41.5 Å². The standard InChI is InChI=1S/C19H24N4O.HI/c1-14-11-15(2)13-17(12-14)23-19(20)22-10-6-9-21-18(24)16-7-4-3-5-8-16;/h3-5,7-8,11-13H,6,9-10H2,1-2H3,(H,21,24)(H3,20,22,23);1H. The number of nitrogens with one attached hydrogen (secondary N) is 2. The van der Waals surface area contributed by atoms with Crippen molar-refractivity contribution in [3.63, 3.8) is 0 Å². The Morgan fingerprint density at radius 1 is 1.08 bits per heavy atom. The fourth-order valence-corrected chi connectivity index (χ4v) is 2.41. The minimum absolute atomic E-state index is 0. The average molecular weight is 452 g/mol. The van der Waals surface area contributed by atoms with Crippen LogP contribution in [0.15, 0.2) is 53.5 Å². The lowest BCUT2D eigenvalue weighted by molar-refractivity contribution is 0.0953. The maximum atomic E-state index is 11.9. The smallest absolute Gasteiger partial charge is 0.251 e. The molecule has 0 unspecified atom stereocenters. The molecule has 0 spiro atoms. The van der Waals surface area contributed by atoms with Crippen LogP contribution in [0.5, 0.6) is 0 Å². The summed E-state index contributed by atoms with van der Waals surface area (Å²) in [6, 6.07) is 15.3. The minimum Gasteiger partial charge on any atom is -0.370 e. The molecule has 0 saturated heterocycles. The van der Waals surface area contributed by atoms with E-state index in [1.807, 2.05) is 44.2 Å². The van der Waals surface area contributed by atoms with Crippen LogP contribution in [-0.2, 0) is 0 Å². The van der Waals surface area contributed by atoms with Gasteiger partial charge in [-0.1, -0.05) is 24.3 Å². The number of carbonyl (C=O) groups excluding carboxylic acids is 1. The van der Waals surface area contributed by atoms with Crippen molar-refractivity contribution in [1.29, 1.82) is 0 Å². The van der Waals surface area contributed by atoms with Gasteiger partial charge in [-0.05, 0) is 55.7 Å². The Morgan fingerprint density at radius 2 is 1.72 bits per heavy atom. The molecule has 6 heteroatoms. The third-order valence-corrected chi connectivity index (χ3v) is 3.43. The number of hydrogen-bond acceptors (Lipinski definition) is 2. The van der Waals surface area contributed by atoms with Crippen molar-refractivity contribution in [2.75, 3.05) is 18.4 Å². The predicted molar refractivity (Wildman–Crippen MR) is 115 cm³/mol. The number of rotatable bonds is 6. The second kappa shape index (κ2) is 10.7. The average Bonchev–Trinajstić information content (AvgIpc) is 2.54. The highest BCUT2D eigenvalue weighted by Gasteiger charge is 2.02. The van der Waals surface area contributed by atoms with Crippen LogP contribution in [0.2, 0.25) is 0 Å². The van der Waals surface area contributed by atoms with E-state index in [4.69, 9.17) is 5.73 Å². The van der Waals surface area contributed by atoms with E-state index in [1.165, 1.54) is 11.1 Å². The molecular formula is C19H25IN4O. The van der Waals surface area contributed by atoms with Gasteiger partial charge in [-0.15, -0.1) is 24.0 Å². The van der Waals surface area contributed by atoms with Gasteiger partial charge in [-0.3, -0.25) is 9.79 Å². The zero-order chi connectivity index (χ0) is 17.4. The number of halogens is 1. The van der Waals surface area contributed by atoms with Gasteiger partial charge < -0.3 is 16.4 Å². The molecule has 0 radical (unpaired) electrons. The van der Waals surface area contributed by atoms with Crippen molar-refractivity contribution in [1.82, 2.24) is 5.32 Å². The summed E-state index contributed by atoms with van der Waals surface area (Å²) in [4.78, 5) is 16.1. The first-order chi connectivity index (χ1) is 11.5. The zero-order valence-electron chi connectivity index (χ0n) is 14.6. The first-order valence-corrected chi connectivity index (χ1v) is 8.03. The van der Waals surface area contributed by atoms with Crippen molar-refractivity contribution in [2.45, 2.75) is 20.3 Å². The number of guanidine groups is 1. The summed E-state index contributed by atoms with van der Waals surface area (Å²) < 4.78 is 0. The first kappa shape index (κ1) is 21.0. The van der Waals surface area contributed by atoms with E-state index < -0.39 is 0 Å². The van der Waals surface area contributed by atoms with E-state index in [9.17, 15) is 4.79 Å². The Hall–Kier alpha value is -2.09. The number of carbonyl (C=O) groups is 1. The quantitative estimate of drug-likeness (QED) is 0.272. The summed E-state index contributed by atoms with van der Waals surface area (Å²) in [5.74, 6) is 0.315. The number of aryl methyl sites for hydroxylation is 2. The normalized spacial score (nSPS) is 10.7. The molecular weight excluding hydrogens is 427 g/mol. The molecule has 4 N–H and O–H groups in total. The summed E-state index contributed by atoms with van der Waals surface area (Å²) >= 11 is 0. The second-order valence-electron chi connectivity index (χ2n) is 5.74. The van der Waals surface area contributed by atoms with Crippen LogP contribution in [0, 0.1) is 13.8 Å². The van der Waals surface area contributed by atoms with Gasteiger partial charge >= 0.3 is 0 Å². The predicted octanol–water partition coefficient (Wildman–Crippen LogP) is 3.47. The monoisotopic (exact) mass is 452 g/mol. The summed E-state index contributed by atoms with van der Waals surface area (Å²) in [7, 11) is 0. The molecule has 0 aliphatic rings. The molecule has 0 aliphatic carbocycles. The molecule has 0 aromatic heterocycles. The van der Waals surface area contributed by atoms with Crippen molar-refractivity contribution in [3.8, 4) is 0 Å². The highest BCUT2D eigenvalue weighted by molar-refractivity contribution is 14.0. The molecule has 0 saturated carbocycles. The van der Waals surface area contributed by atoms with Crippen LogP contribution in [-0.4, -0.2) is 25.0 Å². The van der Waals surface area contributed by atoms with Gasteiger partial charge in [0, 0.05) is 24.3 Å². The fraction of sp³-hybridized carbons (Fsp3) is 0.263. The molecule has 0 heterocycles. The zero-order valence-corrected chi connectivity index (χ0v) is 16.9. The minimum atomic E-state index is -0.0686. The SMILES string of the molecule is Cc1cc(C)cc(NC(N)=NCCCNC(=O)c2ccccc2)c1.I. The number of amides is 1. The number of aliphatic imine (C=N–C) groups is 1. The number of anilines is 1. The Kier molecular flexibility index (Phi) is 8.98. The molecule has 1 amide bonds.